The maximum Gasteiger partial charge on any atom is 0.129 e. The number of unbranched alkanes of at least 4 members (excludes halogenated alkanes) is 17. The van der Waals surface area contributed by atoms with E-state index < -0.39 is 0 Å². The quantitative estimate of drug-likeness (QED) is 0.205. The fourth-order valence-electron chi connectivity index (χ4n) is 3.53. The van der Waals surface area contributed by atoms with Gasteiger partial charge in [-0.3, -0.25) is 0 Å². The third-order valence-electron chi connectivity index (χ3n) is 5.26. The predicted octanol–water partition coefficient (Wildman–Crippen LogP) is 9.17. The molecule has 1 nitrogen and oxygen atoms in total. The summed E-state index contributed by atoms with van der Waals surface area (Å²) >= 11 is 1.71. The topological polar surface area (TPSA) is 9.23 Å². The van der Waals surface area contributed by atoms with E-state index in [-0.39, 0.29) is 0 Å². The molecule has 0 aromatic carbocycles. The van der Waals surface area contributed by atoms with Gasteiger partial charge in [-0.1, -0.05) is 116 Å². The molecule has 0 aliphatic heterocycles. The van der Waals surface area contributed by atoms with Crippen LogP contribution in [0.25, 0.3) is 0 Å². The van der Waals surface area contributed by atoms with E-state index in [1.54, 1.807) is 11.3 Å². The van der Waals surface area contributed by atoms with Gasteiger partial charge in [0.1, 0.15) is 5.75 Å². The van der Waals surface area contributed by atoms with E-state index >= 15 is 0 Å². The van der Waals surface area contributed by atoms with Crippen LogP contribution in [-0.4, -0.2) is 6.61 Å². The lowest BCUT2D eigenvalue weighted by Gasteiger charge is -2.05. The highest BCUT2D eigenvalue weighted by Gasteiger charge is 1.96. The Balaban J connectivity index is 1.65. The molecule has 26 heavy (non-hydrogen) atoms. The monoisotopic (exact) mass is 380 g/mol. The number of thiophene rings is 1. The minimum absolute atomic E-state index is 0.884. The van der Waals surface area contributed by atoms with Crippen molar-refractivity contribution < 1.29 is 4.74 Å². The van der Waals surface area contributed by atoms with E-state index in [2.05, 4.69) is 23.8 Å². The molecule has 0 amide bonds. The zero-order valence-corrected chi connectivity index (χ0v) is 18.3. The molecule has 1 aromatic rings. The third-order valence-corrected chi connectivity index (χ3v) is 5.92. The lowest BCUT2D eigenvalue weighted by atomic mass is 10.0. The zero-order chi connectivity index (χ0) is 18.5. The highest BCUT2D eigenvalue weighted by molar-refractivity contribution is 7.08. The number of ether oxygens (including phenoxy) is 1. The van der Waals surface area contributed by atoms with Gasteiger partial charge in [-0.25, -0.2) is 0 Å². The minimum atomic E-state index is 0.884. The Hall–Kier alpha value is -0.500. The lowest BCUT2D eigenvalue weighted by molar-refractivity contribution is 0.305. The average Bonchev–Trinajstić information content (AvgIpc) is 3.17. The molecule has 0 N–H and O–H groups in total. The van der Waals surface area contributed by atoms with Gasteiger partial charge in [-0.15, -0.1) is 11.3 Å². The van der Waals surface area contributed by atoms with Crippen molar-refractivity contribution in [1.82, 2.24) is 0 Å². The van der Waals surface area contributed by atoms with Crippen LogP contribution in [-0.2, 0) is 0 Å². The van der Waals surface area contributed by atoms with Crippen LogP contribution in [0.15, 0.2) is 16.8 Å². The first-order valence-corrected chi connectivity index (χ1v) is 12.5. The average molecular weight is 381 g/mol. The second-order valence-corrected chi connectivity index (χ2v) is 8.60. The lowest BCUT2D eigenvalue weighted by Crippen LogP contribution is -1.95. The third kappa shape index (κ3) is 15.7. The molecule has 2 heteroatoms. The van der Waals surface area contributed by atoms with Crippen LogP contribution in [0.1, 0.15) is 122 Å². The van der Waals surface area contributed by atoms with Gasteiger partial charge >= 0.3 is 0 Å². The highest BCUT2D eigenvalue weighted by atomic mass is 32.1. The van der Waals surface area contributed by atoms with Crippen LogP contribution in [0.2, 0.25) is 0 Å². The predicted molar refractivity (Wildman–Crippen MR) is 119 cm³/mol. The van der Waals surface area contributed by atoms with Crippen LogP contribution in [0.5, 0.6) is 5.75 Å². The molecule has 0 bridgehead atoms. The van der Waals surface area contributed by atoms with Crippen LogP contribution >= 0.6 is 11.3 Å². The van der Waals surface area contributed by atoms with E-state index in [0.29, 0.717) is 0 Å². The summed E-state index contributed by atoms with van der Waals surface area (Å²) in [5.74, 6) is 1.04. The molecule has 0 saturated heterocycles. The number of hydrogen-bond donors (Lipinski definition) is 0. The van der Waals surface area contributed by atoms with E-state index in [1.807, 2.05) is 0 Å². The van der Waals surface area contributed by atoms with Crippen molar-refractivity contribution in [1.29, 1.82) is 0 Å². The Morgan fingerprint density at radius 1 is 0.615 bits per heavy atom. The zero-order valence-electron chi connectivity index (χ0n) is 17.5. The molecular weight excluding hydrogens is 336 g/mol. The van der Waals surface area contributed by atoms with Gasteiger partial charge in [0.05, 0.1) is 6.61 Å². The Morgan fingerprint density at radius 3 is 1.42 bits per heavy atom. The van der Waals surface area contributed by atoms with Crippen LogP contribution in [0.3, 0.4) is 0 Å². The summed E-state index contributed by atoms with van der Waals surface area (Å²) in [6.07, 6.45) is 25.7. The number of hydrogen-bond acceptors (Lipinski definition) is 2. The Kier molecular flexibility index (Phi) is 17.4. The van der Waals surface area contributed by atoms with Gasteiger partial charge in [-0.2, -0.15) is 0 Å². The van der Waals surface area contributed by atoms with E-state index in [1.165, 1.54) is 116 Å². The van der Waals surface area contributed by atoms with Crippen LogP contribution < -0.4 is 4.74 Å². The Labute approximate surface area is 167 Å². The fourth-order valence-corrected chi connectivity index (χ4v) is 4.10. The number of rotatable bonds is 20. The Bertz CT molecular complexity index is 360. The van der Waals surface area contributed by atoms with Crippen molar-refractivity contribution in [2.24, 2.45) is 0 Å². The molecule has 0 spiro atoms. The summed E-state index contributed by atoms with van der Waals surface area (Å²) in [4.78, 5) is 0. The first-order chi connectivity index (χ1) is 12.9. The highest BCUT2D eigenvalue weighted by Crippen LogP contribution is 2.16. The molecule has 0 saturated carbocycles. The summed E-state index contributed by atoms with van der Waals surface area (Å²) < 4.78 is 5.69. The maximum absolute atomic E-state index is 5.69. The smallest absolute Gasteiger partial charge is 0.129 e. The largest absolute Gasteiger partial charge is 0.493 e. The summed E-state index contributed by atoms with van der Waals surface area (Å²) in [5, 5.41) is 4.15. The molecule has 1 rings (SSSR count). The molecular formula is C24H44OS. The van der Waals surface area contributed by atoms with Crippen LogP contribution in [0.4, 0.5) is 0 Å². The van der Waals surface area contributed by atoms with Gasteiger partial charge < -0.3 is 4.74 Å². The molecule has 0 radical (unpaired) electrons. The Morgan fingerprint density at radius 2 is 1.04 bits per heavy atom. The molecule has 1 aromatic heterocycles. The molecule has 0 atom stereocenters. The summed E-state index contributed by atoms with van der Waals surface area (Å²) in [5.41, 5.74) is 0. The van der Waals surface area contributed by atoms with Gasteiger partial charge in [0.25, 0.3) is 0 Å². The van der Waals surface area contributed by atoms with Crippen molar-refractivity contribution in [3.8, 4) is 5.75 Å². The molecule has 0 unspecified atom stereocenters. The molecule has 0 aliphatic carbocycles. The SMILES string of the molecule is CCCCCCCCCCCCCCCCCCCCOc1ccsc1. The molecule has 0 aliphatic rings. The van der Waals surface area contributed by atoms with Crippen molar-refractivity contribution >= 4 is 11.3 Å². The van der Waals surface area contributed by atoms with E-state index in [4.69, 9.17) is 4.74 Å². The summed E-state index contributed by atoms with van der Waals surface area (Å²) in [6.45, 7) is 3.18. The summed E-state index contributed by atoms with van der Waals surface area (Å²) in [7, 11) is 0. The second kappa shape index (κ2) is 19.3. The van der Waals surface area contributed by atoms with Gasteiger partial charge in [0.15, 0.2) is 0 Å². The molecule has 0 fully saturated rings. The summed E-state index contributed by atoms with van der Waals surface area (Å²) in [6, 6.07) is 2.05. The standard InChI is InChI=1S/C24H44OS/c1-2-3-4-5-6-7-8-9-10-11-12-13-14-15-16-17-18-19-21-25-24-20-22-26-23-24/h20,22-23H,2-19,21H2,1H3. The van der Waals surface area contributed by atoms with E-state index in [0.717, 1.165) is 12.4 Å². The van der Waals surface area contributed by atoms with Gasteiger partial charge in [-0.05, 0) is 17.9 Å². The maximum atomic E-state index is 5.69. The second-order valence-electron chi connectivity index (χ2n) is 7.82. The van der Waals surface area contributed by atoms with Gasteiger partial charge in [0, 0.05) is 5.38 Å². The van der Waals surface area contributed by atoms with Crippen LogP contribution in [0, 0.1) is 0 Å². The van der Waals surface area contributed by atoms with Gasteiger partial charge in [0.2, 0.25) is 0 Å². The van der Waals surface area contributed by atoms with Crippen molar-refractivity contribution in [3.63, 3.8) is 0 Å². The first-order valence-electron chi connectivity index (χ1n) is 11.6. The minimum Gasteiger partial charge on any atom is -0.493 e. The normalized spacial score (nSPS) is 11.1. The van der Waals surface area contributed by atoms with Crippen molar-refractivity contribution in [3.05, 3.63) is 16.8 Å². The van der Waals surface area contributed by atoms with Crippen molar-refractivity contribution in [2.45, 2.75) is 122 Å². The first kappa shape index (κ1) is 23.5. The van der Waals surface area contributed by atoms with E-state index in [9.17, 15) is 0 Å². The molecule has 152 valence electrons. The fraction of sp³-hybridized carbons (Fsp3) is 0.833. The van der Waals surface area contributed by atoms with Crippen molar-refractivity contribution in [2.75, 3.05) is 6.61 Å². The molecule has 1 heterocycles.